The van der Waals surface area contributed by atoms with Gasteiger partial charge in [0.05, 0.1) is 5.92 Å². The van der Waals surface area contributed by atoms with E-state index < -0.39 is 33.5 Å². The third kappa shape index (κ3) is 2.03. The Morgan fingerprint density at radius 3 is 1.46 bits per heavy atom. The van der Waals surface area contributed by atoms with E-state index in [2.05, 4.69) is 0 Å². The van der Waals surface area contributed by atoms with Crippen LogP contribution in [0.1, 0.15) is 6.42 Å². The lowest BCUT2D eigenvalue weighted by Gasteiger charge is -2.37. The van der Waals surface area contributed by atoms with Gasteiger partial charge in [-0.15, -0.1) is 0 Å². The average Bonchev–Trinajstić information content (AvgIpc) is 1.79. The number of hydrogen-bond acceptors (Lipinski definition) is 3. The summed E-state index contributed by atoms with van der Waals surface area (Å²) in [5.74, 6) is -2.14. The fourth-order valence-corrected chi connectivity index (χ4v) is 2.19. The highest BCUT2D eigenvalue weighted by atomic mass is 35.5. The molecule has 1 aliphatic rings. The lowest BCUT2D eigenvalue weighted by atomic mass is 9.66. The Balaban J connectivity index is 2.74. The minimum absolute atomic E-state index is 0.216. The van der Waals surface area contributed by atoms with Crippen LogP contribution in [0.15, 0.2) is 0 Å². The van der Waals surface area contributed by atoms with Crippen LogP contribution >= 0.6 is 34.8 Å². The lowest BCUT2D eigenvalue weighted by Crippen LogP contribution is -2.46. The smallest absolute Gasteiger partial charge is 0.226 e. The zero-order valence-electron chi connectivity index (χ0n) is 6.30. The van der Waals surface area contributed by atoms with Gasteiger partial charge in [0.2, 0.25) is 15.7 Å². The molecule has 0 amide bonds. The number of carbonyl (C=O) groups is 3. The second-order valence-electron chi connectivity index (χ2n) is 2.89. The first kappa shape index (κ1) is 11.0. The molecule has 2 atom stereocenters. The second-order valence-corrected chi connectivity index (χ2v) is 4.00. The molecule has 0 aromatic rings. The van der Waals surface area contributed by atoms with E-state index in [-0.39, 0.29) is 6.42 Å². The van der Waals surface area contributed by atoms with Crippen molar-refractivity contribution < 1.29 is 14.4 Å². The number of halogens is 3. The summed E-state index contributed by atoms with van der Waals surface area (Å²) in [5.41, 5.74) is 0. The fraction of sp³-hybridized carbons (Fsp3) is 0.571. The zero-order chi connectivity index (χ0) is 10.2. The van der Waals surface area contributed by atoms with E-state index in [1.54, 1.807) is 0 Å². The molecular formula is C7H5Cl3O3. The number of carbonyl (C=O) groups excluding carboxylic acids is 3. The Bertz CT molecular complexity index is 256. The molecule has 13 heavy (non-hydrogen) atoms. The monoisotopic (exact) mass is 242 g/mol. The predicted molar refractivity (Wildman–Crippen MR) is 47.7 cm³/mol. The Labute approximate surface area is 89.3 Å². The van der Waals surface area contributed by atoms with Crippen molar-refractivity contribution in [2.75, 3.05) is 0 Å². The molecular weight excluding hydrogens is 238 g/mol. The van der Waals surface area contributed by atoms with Crippen LogP contribution in [0.25, 0.3) is 0 Å². The third-order valence-electron chi connectivity index (χ3n) is 2.22. The largest absolute Gasteiger partial charge is 0.281 e. The summed E-state index contributed by atoms with van der Waals surface area (Å²) in [6, 6.07) is 0. The van der Waals surface area contributed by atoms with Crippen molar-refractivity contribution >= 4 is 50.5 Å². The van der Waals surface area contributed by atoms with Crippen LogP contribution in [0.5, 0.6) is 0 Å². The zero-order valence-corrected chi connectivity index (χ0v) is 8.57. The molecule has 1 saturated carbocycles. The molecule has 6 heteroatoms. The van der Waals surface area contributed by atoms with Crippen molar-refractivity contribution in [1.29, 1.82) is 0 Å². The van der Waals surface area contributed by atoms with Crippen LogP contribution in [0.4, 0.5) is 0 Å². The first-order chi connectivity index (χ1) is 5.95. The van der Waals surface area contributed by atoms with Crippen LogP contribution in [0.2, 0.25) is 0 Å². The van der Waals surface area contributed by atoms with Crippen molar-refractivity contribution in [3.05, 3.63) is 0 Å². The molecule has 72 valence electrons. The van der Waals surface area contributed by atoms with Gasteiger partial charge in [0.1, 0.15) is 0 Å². The maximum Gasteiger partial charge on any atom is 0.226 e. The van der Waals surface area contributed by atoms with Gasteiger partial charge in [-0.2, -0.15) is 0 Å². The third-order valence-corrected chi connectivity index (χ3v) is 3.03. The van der Waals surface area contributed by atoms with Gasteiger partial charge in [-0.1, -0.05) is 0 Å². The summed E-state index contributed by atoms with van der Waals surface area (Å²) >= 11 is 15.6. The Morgan fingerprint density at radius 1 is 0.846 bits per heavy atom. The highest BCUT2D eigenvalue weighted by Crippen LogP contribution is 2.44. The molecule has 0 radical (unpaired) electrons. The highest BCUT2D eigenvalue weighted by Gasteiger charge is 2.51. The van der Waals surface area contributed by atoms with Crippen LogP contribution in [-0.4, -0.2) is 15.7 Å². The Morgan fingerprint density at radius 2 is 1.23 bits per heavy atom. The van der Waals surface area contributed by atoms with Gasteiger partial charge in [-0.3, -0.25) is 14.4 Å². The average molecular weight is 243 g/mol. The van der Waals surface area contributed by atoms with Crippen molar-refractivity contribution in [3.63, 3.8) is 0 Å². The SMILES string of the molecule is O=C(Cl)C1CC(C(=O)Cl)C1C(=O)Cl. The van der Waals surface area contributed by atoms with Crippen LogP contribution in [-0.2, 0) is 14.4 Å². The van der Waals surface area contributed by atoms with E-state index in [1.165, 1.54) is 0 Å². The number of rotatable bonds is 3. The van der Waals surface area contributed by atoms with Gasteiger partial charge in [0.25, 0.3) is 0 Å². The van der Waals surface area contributed by atoms with Crippen molar-refractivity contribution in [2.45, 2.75) is 6.42 Å². The predicted octanol–water partition coefficient (Wildman–Crippen LogP) is 1.53. The molecule has 1 aliphatic carbocycles. The van der Waals surface area contributed by atoms with E-state index >= 15 is 0 Å². The van der Waals surface area contributed by atoms with E-state index in [0.29, 0.717) is 0 Å². The molecule has 0 bridgehead atoms. The normalized spacial score (nSPS) is 32.1. The number of hydrogen-bond donors (Lipinski definition) is 0. The standard InChI is InChI=1S/C7H5Cl3O3/c8-5(11)2-1-3(6(9)12)4(2)7(10)13/h2-4H,1H2. The molecule has 1 fully saturated rings. The molecule has 0 N–H and O–H groups in total. The van der Waals surface area contributed by atoms with Gasteiger partial charge in [-0.25, -0.2) is 0 Å². The minimum Gasteiger partial charge on any atom is -0.281 e. The fourth-order valence-electron chi connectivity index (χ4n) is 1.44. The van der Waals surface area contributed by atoms with Crippen LogP contribution < -0.4 is 0 Å². The molecule has 2 unspecified atom stereocenters. The Kier molecular flexibility index (Phi) is 3.33. The first-order valence-electron chi connectivity index (χ1n) is 3.53. The second kappa shape index (κ2) is 3.95. The molecule has 0 aromatic carbocycles. The van der Waals surface area contributed by atoms with Gasteiger partial charge < -0.3 is 0 Å². The van der Waals surface area contributed by atoms with Gasteiger partial charge in [0, 0.05) is 11.8 Å². The van der Waals surface area contributed by atoms with E-state index in [4.69, 9.17) is 34.8 Å². The maximum atomic E-state index is 10.8. The van der Waals surface area contributed by atoms with E-state index in [0.717, 1.165) is 0 Å². The minimum atomic E-state index is -0.836. The molecule has 0 saturated heterocycles. The molecule has 0 aliphatic heterocycles. The lowest BCUT2D eigenvalue weighted by molar-refractivity contribution is -0.139. The summed E-state index contributed by atoms with van der Waals surface area (Å²) in [6.07, 6.45) is 0.216. The quantitative estimate of drug-likeness (QED) is 0.707. The van der Waals surface area contributed by atoms with E-state index in [1.807, 2.05) is 0 Å². The van der Waals surface area contributed by atoms with Crippen LogP contribution in [0, 0.1) is 17.8 Å². The molecule has 3 nitrogen and oxygen atoms in total. The van der Waals surface area contributed by atoms with Crippen LogP contribution in [0.3, 0.4) is 0 Å². The van der Waals surface area contributed by atoms with Gasteiger partial charge >= 0.3 is 0 Å². The van der Waals surface area contributed by atoms with E-state index in [9.17, 15) is 14.4 Å². The summed E-state index contributed by atoms with van der Waals surface area (Å²) in [6.45, 7) is 0. The maximum absolute atomic E-state index is 10.8. The summed E-state index contributed by atoms with van der Waals surface area (Å²) < 4.78 is 0. The molecule has 0 spiro atoms. The first-order valence-corrected chi connectivity index (χ1v) is 4.66. The summed E-state index contributed by atoms with van der Waals surface area (Å²) in [4.78, 5) is 32.2. The molecule has 0 heterocycles. The van der Waals surface area contributed by atoms with Crippen molar-refractivity contribution in [1.82, 2.24) is 0 Å². The summed E-state index contributed by atoms with van der Waals surface area (Å²) in [7, 11) is 0. The van der Waals surface area contributed by atoms with Crippen molar-refractivity contribution in [2.24, 2.45) is 17.8 Å². The van der Waals surface area contributed by atoms with Crippen molar-refractivity contribution in [3.8, 4) is 0 Å². The van der Waals surface area contributed by atoms with Gasteiger partial charge in [0.15, 0.2) is 0 Å². The highest BCUT2D eigenvalue weighted by molar-refractivity contribution is 6.69. The van der Waals surface area contributed by atoms with Gasteiger partial charge in [-0.05, 0) is 41.2 Å². The summed E-state index contributed by atoms with van der Waals surface area (Å²) in [5, 5.41) is -2.02. The Hall–Kier alpha value is -0.120. The topological polar surface area (TPSA) is 51.2 Å². The molecule has 0 aromatic heterocycles. The molecule has 1 rings (SSSR count).